The number of carbonyl (C=O) groups excluding carboxylic acids is 1. The van der Waals surface area contributed by atoms with E-state index in [9.17, 15) is 9.90 Å². The second kappa shape index (κ2) is 4.38. The Morgan fingerprint density at radius 1 is 1.43 bits per heavy atom. The molecule has 0 aliphatic heterocycles. The van der Waals surface area contributed by atoms with E-state index < -0.39 is 5.60 Å². The Bertz CT molecular complexity index is 316. The average molecular weight is 192 g/mol. The topological polar surface area (TPSA) is 37.3 Å². The molecule has 1 aromatic rings. The van der Waals surface area contributed by atoms with E-state index in [0.717, 1.165) is 17.4 Å². The molecule has 1 aromatic carbocycles. The summed E-state index contributed by atoms with van der Waals surface area (Å²) in [6, 6.07) is 7.90. The van der Waals surface area contributed by atoms with Crippen LogP contribution in [0.15, 0.2) is 24.3 Å². The van der Waals surface area contributed by atoms with Gasteiger partial charge in [-0.05, 0) is 25.0 Å². The van der Waals surface area contributed by atoms with Crippen LogP contribution < -0.4 is 0 Å². The molecule has 0 aliphatic rings. The first kappa shape index (κ1) is 10.9. The van der Waals surface area contributed by atoms with Crippen LogP contribution in [0.3, 0.4) is 0 Å². The van der Waals surface area contributed by atoms with E-state index in [4.69, 9.17) is 0 Å². The largest absolute Gasteiger partial charge is 0.389 e. The van der Waals surface area contributed by atoms with Gasteiger partial charge in [0.05, 0.1) is 5.60 Å². The van der Waals surface area contributed by atoms with Gasteiger partial charge in [-0.15, -0.1) is 0 Å². The number of aldehydes is 1. The Morgan fingerprint density at radius 2 is 2.07 bits per heavy atom. The molecule has 0 heterocycles. The molecule has 1 N–H and O–H groups in total. The lowest BCUT2D eigenvalue weighted by atomic mass is 9.92. The molecule has 0 spiro atoms. The first-order valence-corrected chi connectivity index (χ1v) is 4.76. The van der Waals surface area contributed by atoms with E-state index in [1.807, 2.05) is 31.2 Å². The summed E-state index contributed by atoms with van der Waals surface area (Å²) in [5.41, 5.74) is 1.33. The van der Waals surface area contributed by atoms with E-state index in [1.54, 1.807) is 6.92 Å². The summed E-state index contributed by atoms with van der Waals surface area (Å²) in [6.07, 6.45) is 1.47. The van der Waals surface area contributed by atoms with Gasteiger partial charge in [-0.3, -0.25) is 0 Å². The van der Waals surface area contributed by atoms with Crippen LogP contribution in [-0.4, -0.2) is 17.0 Å². The minimum atomic E-state index is -0.923. The maximum atomic E-state index is 10.3. The lowest BCUT2D eigenvalue weighted by Crippen LogP contribution is -2.27. The molecule has 0 saturated carbocycles. The second-order valence-electron chi connectivity index (χ2n) is 3.97. The normalized spacial score (nSPS) is 14.8. The predicted molar refractivity (Wildman–Crippen MR) is 56.2 cm³/mol. The summed E-state index contributed by atoms with van der Waals surface area (Å²) < 4.78 is 0. The Hall–Kier alpha value is -1.15. The van der Waals surface area contributed by atoms with Crippen LogP contribution in [0.1, 0.15) is 24.5 Å². The molecule has 0 bridgehead atoms. The molecule has 0 amide bonds. The average Bonchev–Trinajstić information content (AvgIpc) is 2.08. The quantitative estimate of drug-likeness (QED) is 0.739. The van der Waals surface area contributed by atoms with Crippen molar-refractivity contribution in [1.29, 1.82) is 0 Å². The Balaban J connectivity index is 2.78. The van der Waals surface area contributed by atoms with Crippen molar-refractivity contribution < 1.29 is 9.90 Å². The van der Waals surface area contributed by atoms with Crippen LogP contribution in [0.4, 0.5) is 0 Å². The fourth-order valence-electron chi connectivity index (χ4n) is 1.47. The lowest BCUT2D eigenvalue weighted by Gasteiger charge is -2.21. The van der Waals surface area contributed by atoms with Crippen molar-refractivity contribution >= 4 is 6.29 Å². The maximum absolute atomic E-state index is 10.3. The van der Waals surface area contributed by atoms with E-state index in [-0.39, 0.29) is 6.42 Å². The number of aliphatic hydroxyl groups is 1. The standard InChI is InChI=1S/C12H16O2/c1-10-5-3-4-6-11(10)9-12(2,14)7-8-13/h3-6,8,14H,7,9H2,1-2H3. The molecule has 2 nitrogen and oxygen atoms in total. The number of benzene rings is 1. The van der Waals surface area contributed by atoms with Crippen molar-refractivity contribution in [3.8, 4) is 0 Å². The minimum Gasteiger partial charge on any atom is -0.389 e. The van der Waals surface area contributed by atoms with Gasteiger partial charge >= 0.3 is 0 Å². The van der Waals surface area contributed by atoms with Crippen LogP contribution in [-0.2, 0) is 11.2 Å². The van der Waals surface area contributed by atoms with Gasteiger partial charge in [-0.2, -0.15) is 0 Å². The molecule has 14 heavy (non-hydrogen) atoms. The fraction of sp³-hybridized carbons (Fsp3) is 0.417. The first-order valence-electron chi connectivity index (χ1n) is 4.76. The lowest BCUT2D eigenvalue weighted by molar-refractivity contribution is -0.111. The smallest absolute Gasteiger partial charge is 0.122 e. The molecular weight excluding hydrogens is 176 g/mol. The van der Waals surface area contributed by atoms with Crippen molar-refractivity contribution in [3.63, 3.8) is 0 Å². The number of hydrogen-bond donors (Lipinski definition) is 1. The van der Waals surface area contributed by atoms with Gasteiger partial charge < -0.3 is 9.90 Å². The highest BCUT2D eigenvalue weighted by molar-refractivity contribution is 5.51. The van der Waals surface area contributed by atoms with Crippen LogP contribution in [0.5, 0.6) is 0 Å². The summed E-state index contributed by atoms with van der Waals surface area (Å²) in [7, 11) is 0. The first-order chi connectivity index (χ1) is 6.55. The van der Waals surface area contributed by atoms with E-state index >= 15 is 0 Å². The van der Waals surface area contributed by atoms with Crippen LogP contribution in [0.25, 0.3) is 0 Å². The molecule has 76 valence electrons. The van der Waals surface area contributed by atoms with Gasteiger partial charge in [0.2, 0.25) is 0 Å². The maximum Gasteiger partial charge on any atom is 0.122 e. The van der Waals surface area contributed by atoms with Gasteiger partial charge in [0.25, 0.3) is 0 Å². The molecule has 0 aliphatic carbocycles. The summed E-state index contributed by atoms with van der Waals surface area (Å²) in [5, 5.41) is 9.86. The van der Waals surface area contributed by atoms with Gasteiger partial charge in [-0.1, -0.05) is 24.3 Å². The van der Waals surface area contributed by atoms with Crippen molar-refractivity contribution in [2.75, 3.05) is 0 Å². The molecule has 0 saturated heterocycles. The Morgan fingerprint density at radius 3 is 2.64 bits per heavy atom. The third-order valence-corrected chi connectivity index (χ3v) is 2.36. The Labute approximate surface area is 84.6 Å². The Kier molecular flexibility index (Phi) is 3.42. The highest BCUT2D eigenvalue weighted by Crippen LogP contribution is 2.18. The summed E-state index contributed by atoms with van der Waals surface area (Å²) in [5.74, 6) is 0. The van der Waals surface area contributed by atoms with Crippen molar-refractivity contribution in [2.24, 2.45) is 0 Å². The molecule has 1 unspecified atom stereocenters. The molecule has 0 aromatic heterocycles. The summed E-state index contributed by atoms with van der Waals surface area (Å²) in [4.78, 5) is 10.3. The van der Waals surface area contributed by atoms with Gasteiger partial charge in [0.15, 0.2) is 0 Å². The van der Waals surface area contributed by atoms with E-state index in [1.165, 1.54) is 0 Å². The molecule has 2 heteroatoms. The van der Waals surface area contributed by atoms with Crippen molar-refractivity contribution in [3.05, 3.63) is 35.4 Å². The number of rotatable bonds is 4. The third-order valence-electron chi connectivity index (χ3n) is 2.36. The predicted octanol–water partition coefficient (Wildman–Crippen LogP) is 1.88. The molecule has 0 fully saturated rings. The summed E-state index contributed by atoms with van der Waals surface area (Å²) in [6.45, 7) is 3.69. The zero-order valence-corrected chi connectivity index (χ0v) is 8.66. The zero-order valence-electron chi connectivity index (χ0n) is 8.66. The molecule has 0 radical (unpaired) electrons. The molecule has 1 atom stereocenters. The second-order valence-corrected chi connectivity index (χ2v) is 3.97. The van der Waals surface area contributed by atoms with Crippen LogP contribution in [0, 0.1) is 6.92 Å². The highest BCUT2D eigenvalue weighted by atomic mass is 16.3. The number of carbonyl (C=O) groups is 1. The van der Waals surface area contributed by atoms with Gasteiger partial charge in [0, 0.05) is 12.8 Å². The third kappa shape index (κ3) is 2.96. The summed E-state index contributed by atoms with van der Waals surface area (Å²) >= 11 is 0. The van der Waals surface area contributed by atoms with Crippen LogP contribution >= 0.6 is 0 Å². The number of hydrogen-bond acceptors (Lipinski definition) is 2. The fourth-order valence-corrected chi connectivity index (χ4v) is 1.47. The molecule has 1 rings (SSSR count). The monoisotopic (exact) mass is 192 g/mol. The highest BCUT2D eigenvalue weighted by Gasteiger charge is 2.20. The molecular formula is C12H16O2. The van der Waals surface area contributed by atoms with Crippen molar-refractivity contribution in [1.82, 2.24) is 0 Å². The zero-order chi connectivity index (χ0) is 10.6. The minimum absolute atomic E-state index is 0.182. The van der Waals surface area contributed by atoms with Gasteiger partial charge in [0.1, 0.15) is 6.29 Å². The van der Waals surface area contributed by atoms with E-state index in [0.29, 0.717) is 6.42 Å². The van der Waals surface area contributed by atoms with Crippen LogP contribution in [0.2, 0.25) is 0 Å². The van der Waals surface area contributed by atoms with Crippen molar-refractivity contribution in [2.45, 2.75) is 32.3 Å². The van der Waals surface area contributed by atoms with Gasteiger partial charge in [-0.25, -0.2) is 0 Å². The number of aryl methyl sites for hydroxylation is 1. The van der Waals surface area contributed by atoms with E-state index in [2.05, 4.69) is 0 Å². The SMILES string of the molecule is Cc1ccccc1CC(C)(O)CC=O.